The molecule has 0 saturated carbocycles. The molecular formula is C13H18FN3O2. The van der Waals surface area contributed by atoms with E-state index in [0.717, 1.165) is 12.0 Å². The van der Waals surface area contributed by atoms with Crippen LogP contribution in [-0.2, 0) is 11.3 Å². The first-order valence-corrected chi connectivity index (χ1v) is 6.08. The van der Waals surface area contributed by atoms with Crippen LogP contribution in [0.4, 0.5) is 4.39 Å². The van der Waals surface area contributed by atoms with Crippen LogP contribution in [0.25, 0.3) is 0 Å². The van der Waals surface area contributed by atoms with E-state index < -0.39 is 5.92 Å². The lowest BCUT2D eigenvalue weighted by Crippen LogP contribution is -2.38. The minimum atomic E-state index is -0.643. The number of carbonyl (C=O) groups excluding carboxylic acids is 1. The highest BCUT2D eigenvalue weighted by Gasteiger charge is 2.21. The fourth-order valence-corrected chi connectivity index (χ4v) is 1.69. The molecule has 1 aromatic rings. The van der Waals surface area contributed by atoms with Crippen molar-refractivity contribution < 1.29 is 14.4 Å². The molecule has 6 heteroatoms. The molecule has 0 aliphatic heterocycles. The van der Waals surface area contributed by atoms with Crippen molar-refractivity contribution in [3.05, 3.63) is 35.6 Å². The van der Waals surface area contributed by atoms with Crippen molar-refractivity contribution in [2.24, 2.45) is 16.8 Å². The molecule has 0 aromatic heterocycles. The summed E-state index contributed by atoms with van der Waals surface area (Å²) >= 11 is 0. The van der Waals surface area contributed by atoms with Crippen molar-refractivity contribution in [3.63, 3.8) is 0 Å². The summed E-state index contributed by atoms with van der Waals surface area (Å²) in [7, 11) is 0. The van der Waals surface area contributed by atoms with Gasteiger partial charge in [-0.1, -0.05) is 30.6 Å². The Bertz CT molecular complexity index is 446. The minimum Gasteiger partial charge on any atom is -0.409 e. The Hall–Kier alpha value is -2.11. The van der Waals surface area contributed by atoms with Gasteiger partial charge in [0, 0.05) is 6.54 Å². The molecule has 0 bridgehead atoms. The highest BCUT2D eigenvalue weighted by atomic mass is 19.1. The molecule has 19 heavy (non-hydrogen) atoms. The highest BCUT2D eigenvalue weighted by Crippen LogP contribution is 2.08. The lowest BCUT2D eigenvalue weighted by atomic mass is 10.0. The molecule has 0 spiro atoms. The molecule has 1 unspecified atom stereocenters. The van der Waals surface area contributed by atoms with Gasteiger partial charge in [0.1, 0.15) is 5.82 Å². The predicted octanol–water partition coefficient (Wildman–Crippen LogP) is 1.60. The molecule has 1 atom stereocenters. The Morgan fingerprint density at radius 3 is 2.63 bits per heavy atom. The van der Waals surface area contributed by atoms with Crippen LogP contribution < -0.4 is 11.1 Å². The predicted molar refractivity (Wildman–Crippen MR) is 70.1 cm³/mol. The number of benzene rings is 1. The van der Waals surface area contributed by atoms with E-state index in [-0.39, 0.29) is 24.1 Å². The molecule has 0 aliphatic carbocycles. The van der Waals surface area contributed by atoms with Gasteiger partial charge in [0.15, 0.2) is 5.84 Å². The van der Waals surface area contributed by atoms with Gasteiger partial charge in [-0.05, 0) is 24.1 Å². The van der Waals surface area contributed by atoms with E-state index >= 15 is 0 Å². The number of halogens is 1. The zero-order valence-corrected chi connectivity index (χ0v) is 10.8. The zero-order chi connectivity index (χ0) is 14.3. The van der Waals surface area contributed by atoms with E-state index in [1.165, 1.54) is 12.1 Å². The van der Waals surface area contributed by atoms with Crippen LogP contribution in [0.1, 0.15) is 25.3 Å². The quantitative estimate of drug-likeness (QED) is 0.316. The van der Waals surface area contributed by atoms with Crippen LogP contribution in [0.15, 0.2) is 29.4 Å². The summed E-state index contributed by atoms with van der Waals surface area (Å²) in [6.07, 6.45) is 1.25. The second-order valence-corrected chi connectivity index (χ2v) is 4.21. The van der Waals surface area contributed by atoms with Crippen molar-refractivity contribution >= 4 is 11.7 Å². The maximum atomic E-state index is 12.7. The van der Waals surface area contributed by atoms with Gasteiger partial charge < -0.3 is 16.3 Å². The first-order valence-electron chi connectivity index (χ1n) is 6.08. The second-order valence-electron chi connectivity index (χ2n) is 4.21. The average molecular weight is 267 g/mol. The van der Waals surface area contributed by atoms with E-state index in [1.807, 2.05) is 6.92 Å². The minimum absolute atomic E-state index is 0.0987. The number of amides is 1. The molecule has 0 fully saturated rings. The van der Waals surface area contributed by atoms with Crippen molar-refractivity contribution in [2.45, 2.75) is 26.3 Å². The van der Waals surface area contributed by atoms with Gasteiger partial charge >= 0.3 is 0 Å². The van der Waals surface area contributed by atoms with Gasteiger partial charge in [0.2, 0.25) is 5.91 Å². The summed E-state index contributed by atoms with van der Waals surface area (Å²) in [6.45, 7) is 2.18. The van der Waals surface area contributed by atoms with Crippen molar-refractivity contribution in [1.82, 2.24) is 5.32 Å². The third kappa shape index (κ3) is 4.57. The first-order chi connectivity index (χ1) is 9.08. The summed E-state index contributed by atoms with van der Waals surface area (Å²) in [5.41, 5.74) is 6.26. The number of hydrogen-bond donors (Lipinski definition) is 3. The van der Waals surface area contributed by atoms with Crippen LogP contribution in [0.5, 0.6) is 0 Å². The summed E-state index contributed by atoms with van der Waals surface area (Å²) in [5, 5.41) is 14.2. The number of nitrogens with two attached hydrogens (primary N) is 1. The van der Waals surface area contributed by atoms with Gasteiger partial charge in [-0.25, -0.2) is 4.39 Å². The number of nitrogens with one attached hydrogen (secondary N) is 1. The van der Waals surface area contributed by atoms with Gasteiger partial charge in [0.25, 0.3) is 0 Å². The Balaban J connectivity index is 2.59. The Kier molecular flexibility index (Phi) is 5.78. The summed E-state index contributed by atoms with van der Waals surface area (Å²) in [5.74, 6) is -1.37. The van der Waals surface area contributed by atoms with Crippen LogP contribution in [-0.4, -0.2) is 17.0 Å². The Morgan fingerprint density at radius 1 is 1.47 bits per heavy atom. The largest absolute Gasteiger partial charge is 0.409 e. The standard InChI is InChI=1S/C13H18FN3O2/c1-2-3-11(12(15)17-19)13(18)16-8-9-4-6-10(14)7-5-9/h4-7,11,19H,2-3,8H2,1H3,(H2,15,17)(H,16,18). The van der Waals surface area contributed by atoms with Crippen molar-refractivity contribution in [1.29, 1.82) is 0 Å². The zero-order valence-electron chi connectivity index (χ0n) is 10.8. The molecule has 0 saturated heterocycles. The van der Waals surface area contributed by atoms with Gasteiger partial charge in [0.05, 0.1) is 5.92 Å². The summed E-state index contributed by atoms with van der Waals surface area (Å²) in [4.78, 5) is 11.9. The normalized spacial score (nSPS) is 13.1. The number of oxime groups is 1. The summed E-state index contributed by atoms with van der Waals surface area (Å²) < 4.78 is 12.7. The third-order valence-corrected chi connectivity index (χ3v) is 2.75. The molecule has 1 amide bonds. The molecule has 1 rings (SSSR count). The molecule has 0 heterocycles. The fourth-order valence-electron chi connectivity index (χ4n) is 1.69. The van der Waals surface area contributed by atoms with E-state index in [9.17, 15) is 9.18 Å². The van der Waals surface area contributed by atoms with Gasteiger partial charge in [-0.2, -0.15) is 0 Å². The van der Waals surface area contributed by atoms with E-state index in [0.29, 0.717) is 6.42 Å². The molecule has 104 valence electrons. The number of rotatable bonds is 6. The van der Waals surface area contributed by atoms with Crippen LogP contribution in [0.3, 0.4) is 0 Å². The SMILES string of the molecule is CCCC(C(=O)NCc1ccc(F)cc1)C(N)=NO. The smallest absolute Gasteiger partial charge is 0.231 e. The Labute approximate surface area is 111 Å². The van der Waals surface area contributed by atoms with E-state index in [1.54, 1.807) is 12.1 Å². The number of nitrogens with zero attached hydrogens (tertiary/aromatic N) is 1. The lowest BCUT2D eigenvalue weighted by Gasteiger charge is -2.14. The molecule has 1 aromatic carbocycles. The molecular weight excluding hydrogens is 249 g/mol. The maximum absolute atomic E-state index is 12.7. The number of hydrogen-bond acceptors (Lipinski definition) is 3. The highest BCUT2D eigenvalue weighted by molar-refractivity contribution is 6.01. The van der Waals surface area contributed by atoms with Crippen molar-refractivity contribution in [2.75, 3.05) is 0 Å². The fraction of sp³-hybridized carbons (Fsp3) is 0.385. The monoisotopic (exact) mass is 267 g/mol. The summed E-state index contributed by atoms with van der Waals surface area (Å²) in [6, 6.07) is 5.84. The van der Waals surface area contributed by atoms with Gasteiger partial charge in [-0.15, -0.1) is 0 Å². The second kappa shape index (κ2) is 7.35. The Morgan fingerprint density at radius 2 is 2.11 bits per heavy atom. The molecule has 0 radical (unpaired) electrons. The molecule has 4 N–H and O–H groups in total. The van der Waals surface area contributed by atoms with E-state index in [4.69, 9.17) is 10.9 Å². The van der Waals surface area contributed by atoms with E-state index in [2.05, 4.69) is 10.5 Å². The maximum Gasteiger partial charge on any atom is 0.231 e. The lowest BCUT2D eigenvalue weighted by molar-refractivity contribution is -0.123. The number of amidine groups is 1. The molecule has 5 nitrogen and oxygen atoms in total. The average Bonchev–Trinajstić information content (AvgIpc) is 2.43. The first kappa shape index (κ1) is 14.9. The topological polar surface area (TPSA) is 87.7 Å². The number of carbonyl (C=O) groups is 1. The van der Waals surface area contributed by atoms with Crippen molar-refractivity contribution in [3.8, 4) is 0 Å². The van der Waals surface area contributed by atoms with Gasteiger partial charge in [-0.3, -0.25) is 4.79 Å². The van der Waals surface area contributed by atoms with Crippen LogP contribution in [0.2, 0.25) is 0 Å². The third-order valence-electron chi connectivity index (χ3n) is 2.75. The van der Waals surface area contributed by atoms with Crippen LogP contribution >= 0.6 is 0 Å². The molecule has 0 aliphatic rings. The van der Waals surface area contributed by atoms with Crippen LogP contribution in [0, 0.1) is 11.7 Å².